The lowest BCUT2D eigenvalue weighted by atomic mass is 10.2. The monoisotopic (exact) mass is 264 g/mol. The Morgan fingerprint density at radius 3 is 2.68 bits per heavy atom. The highest BCUT2D eigenvalue weighted by atomic mass is 19.1. The van der Waals surface area contributed by atoms with E-state index in [1.54, 1.807) is 6.07 Å². The molecular weight excluding hydrogens is 251 g/mol. The molecule has 1 N–H and O–H groups in total. The number of furan rings is 1. The number of aryl methyl sites for hydroxylation is 1. The van der Waals surface area contributed by atoms with Crippen molar-refractivity contribution in [3.05, 3.63) is 57.8 Å². The first-order valence-electron chi connectivity index (χ1n) is 5.85. The van der Waals surface area contributed by atoms with Gasteiger partial charge in [0.05, 0.1) is 17.2 Å². The van der Waals surface area contributed by atoms with Gasteiger partial charge in [0.2, 0.25) is 0 Å². The van der Waals surface area contributed by atoms with E-state index < -0.39 is 10.7 Å². The van der Waals surface area contributed by atoms with E-state index in [9.17, 15) is 14.5 Å². The molecule has 2 aromatic rings. The van der Waals surface area contributed by atoms with Crippen LogP contribution in [0.4, 0.5) is 15.8 Å². The molecule has 0 saturated carbocycles. The van der Waals surface area contributed by atoms with E-state index in [1.165, 1.54) is 6.07 Å². The van der Waals surface area contributed by atoms with Gasteiger partial charge >= 0.3 is 0 Å². The molecule has 1 aromatic carbocycles. The normalized spacial score (nSPS) is 10.4. The van der Waals surface area contributed by atoms with Gasteiger partial charge in [0.15, 0.2) is 0 Å². The highest BCUT2D eigenvalue weighted by Crippen LogP contribution is 2.22. The molecule has 100 valence electrons. The molecule has 19 heavy (non-hydrogen) atoms. The van der Waals surface area contributed by atoms with Gasteiger partial charge in [0, 0.05) is 18.6 Å². The number of nitrogens with one attached hydrogen (secondary N) is 1. The molecule has 0 aliphatic rings. The van der Waals surface area contributed by atoms with Crippen molar-refractivity contribution in [2.45, 2.75) is 19.9 Å². The number of halogens is 1. The van der Waals surface area contributed by atoms with Crippen LogP contribution in [-0.2, 0) is 13.0 Å². The molecule has 0 amide bonds. The summed E-state index contributed by atoms with van der Waals surface area (Å²) in [6.07, 6.45) is 0.783. The van der Waals surface area contributed by atoms with E-state index in [2.05, 4.69) is 5.32 Å². The molecule has 0 spiro atoms. The Morgan fingerprint density at radius 2 is 2.05 bits per heavy atom. The van der Waals surface area contributed by atoms with E-state index in [4.69, 9.17) is 4.42 Å². The van der Waals surface area contributed by atoms with Gasteiger partial charge in [-0.15, -0.1) is 0 Å². The smallest absolute Gasteiger partial charge is 0.271 e. The first kappa shape index (κ1) is 13.1. The molecular formula is C13H13FN2O3. The molecule has 0 bridgehead atoms. The Kier molecular flexibility index (Phi) is 3.79. The lowest BCUT2D eigenvalue weighted by molar-refractivity contribution is -0.384. The summed E-state index contributed by atoms with van der Waals surface area (Å²) in [6.45, 7) is 2.24. The number of rotatable bonds is 5. The summed E-state index contributed by atoms with van der Waals surface area (Å²) in [5.41, 5.74) is -0.0683. The maximum atomic E-state index is 13.5. The summed E-state index contributed by atoms with van der Waals surface area (Å²) < 4.78 is 18.9. The average Bonchev–Trinajstić information content (AvgIpc) is 2.85. The summed E-state index contributed by atoms with van der Waals surface area (Å²) >= 11 is 0. The highest BCUT2D eigenvalue weighted by Gasteiger charge is 2.11. The zero-order valence-corrected chi connectivity index (χ0v) is 10.4. The maximum absolute atomic E-state index is 13.5. The fourth-order valence-corrected chi connectivity index (χ4v) is 1.65. The maximum Gasteiger partial charge on any atom is 0.271 e. The number of hydrogen-bond donors (Lipinski definition) is 1. The van der Waals surface area contributed by atoms with Crippen LogP contribution in [0.2, 0.25) is 0 Å². The molecule has 2 rings (SSSR count). The van der Waals surface area contributed by atoms with Gasteiger partial charge < -0.3 is 9.73 Å². The zero-order valence-electron chi connectivity index (χ0n) is 10.4. The molecule has 0 radical (unpaired) electrons. The highest BCUT2D eigenvalue weighted by molar-refractivity contribution is 5.52. The minimum absolute atomic E-state index is 0.0867. The summed E-state index contributed by atoms with van der Waals surface area (Å²) in [5.74, 6) is 0.965. The fraction of sp³-hybridized carbons (Fsp3) is 0.231. The van der Waals surface area contributed by atoms with Gasteiger partial charge in [-0.3, -0.25) is 10.1 Å². The molecule has 0 aliphatic heterocycles. The SMILES string of the molecule is CCc1ccc(CNc2cc([N+](=O)[O-])ccc2F)o1. The van der Waals surface area contributed by atoms with Gasteiger partial charge in [0.1, 0.15) is 17.3 Å². The molecule has 0 saturated heterocycles. The third kappa shape index (κ3) is 3.09. The van der Waals surface area contributed by atoms with Crippen LogP contribution in [0.1, 0.15) is 18.4 Å². The number of non-ortho nitro benzene ring substituents is 1. The average molecular weight is 264 g/mol. The first-order chi connectivity index (χ1) is 9.10. The Hall–Kier alpha value is -2.37. The third-order valence-electron chi connectivity index (χ3n) is 2.68. The topological polar surface area (TPSA) is 68.3 Å². The summed E-state index contributed by atoms with van der Waals surface area (Å²) in [5, 5.41) is 13.4. The molecule has 5 nitrogen and oxygen atoms in total. The zero-order chi connectivity index (χ0) is 13.8. The van der Waals surface area contributed by atoms with Gasteiger partial charge in [-0.05, 0) is 18.2 Å². The van der Waals surface area contributed by atoms with Crippen LogP contribution in [-0.4, -0.2) is 4.92 Å². The van der Waals surface area contributed by atoms with Crippen LogP contribution in [0.25, 0.3) is 0 Å². The van der Waals surface area contributed by atoms with Crippen molar-refractivity contribution in [3.8, 4) is 0 Å². The minimum Gasteiger partial charge on any atom is -0.464 e. The van der Waals surface area contributed by atoms with Crippen LogP contribution in [0.5, 0.6) is 0 Å². The number of nitrogens with zero attached hydrogens (tertiary/aromatic N) is 1. The van der Waals surface area contributed by atoms with Crippen LogP contribution in [0.15, 0.2) is 34.7 Å². The van der Waals surface area contributed by atoms with Gasteiger partial charge in [-0.2, -0.15) is 0 Å². The largest absolute Gasteiger partial charge is 0.464 e. The third-order valence-corrected chi connectivity index (χ3v) is 2.68. The van der Waals surface area contributed by atoms with Crippen molar-refractivity contribution in [2.75, 3.05) is 5.32 Å². The van der Waals surface area contributed by atoms with Crippen molar-refractivity contribution in [1.29, 1.82) is 0 Å². The molecule has 0 unspecified atom stereocenters. The van der Waals surface area contributed by atoms with Crippen LogP contribution >= 0.6 is 0 Å². The van der Waals surface area contributed by atoms with Crippen LogP contribution < -0.4 is 5.32 Å². The number of anilines is 1. The first-order valence-corrected chi connectivity index (χ1v) is 5.85. The molecule has 6 heteroatoms. The molecule has 0 fully saturated rings. The van der Waals surface area contributed by atoms with Crippen LogP contribution in [0, 0.1) is 15.9 Å². The number of hydrogen-bond acceptors (Lipinski definition) is 4. The van der Waals surface area contributed by atoms with Crippen molar-refractivity contribution in [2.24, 2.45) is 0 Å². The Labute approximate surface area is 109 Å². The number of nitro groups is 1. The van der Waals surface area contributed by atoms with Crippen molar-refractivity contribution < 1.29 is 13.7 Å². The van der Waals surface area contributed by atoms with Crippen molar-refractivity contribution in [1.82, 2.24) is 0 Å². The number of benzene rings is 1. The second-order valence-electron chi connectivity index (χ2n) is 4.00. The van der Waals surface area contributed by atoms with Gasteiger partial charge in [-0.25, -0.2) is 4.39 Å². The second kappa shape index (κ2) is 5.51. The molecule has 0 atom stereocenters. The Balaban J connectivity index is 2.10. The summed E-state index contributed by atoms with van der Waals surface area (Å²) in [6, 6.07) is 7.00. The summed E-state index contributed by atoms with van der Waals surface area (Å²) in [4.78, 5) is 10.1. The predicted molar refractivity (Wildman–Crippen MR) is 68.5 cm³/mol. The quantitative estimate of drug-likeness (QED) is 0.662. The molecule has 1 aromatic heterocycles. The lowest BCUT2D eigenvalue weighted by Gasteiger charge is -2.05. The van der Waals surface area contributed by atoms with Crippen molar-refractivity contribution in [3.63, 3.8) is 0 Å². The van der Waals surface area contributed by atoms with Gasteiger partial charge in [0.25, 0.3) is 5.69 Å². The fourth-order valence-electron chi connectivity index (χ4n) is 1.65. The van der Waals surface area contributed by atoms with Gasteiger partial charge in [-0.1, -0.05) is 6.92 Å². The van der Waals surface area contributed by atoms with E-state index in [0.29, 0.717) is 5.76 Å². The van der Waals surface area contributed by atoms with Crippen LogP contribution in [0.3, 0.4) is 0 Å². The number of nitro benzene ring substituents is 1. The minimum atomic E-state index is -0.563. The van der Waals surface area contributed by atoms with E-state index >= 15 is 0 Å². The predicted octanol–water partition coefficient (Wildman–Crippen LogP) is 3.50. The second-order valence-corrected chi connectivity index (χ2v) is 4.00. The van der Waals surface area contributed by atoms with E-state index in [-0.39, 0.29) is 17.9 Å². The van der Waals surface area contributed by atoms with Crippen molar-refractivity contribution >= 4 is 11.4 Å². The van der Waals surface area contributed by atoms with E-state index in [0.717, 1.165) is 24.3 Å². The molecule has 0 aliphatic carbocycles. The Bertz CT molecular complexity index is 595. The van der Waals surface area contributed by atoms with E-state index in [1.807, 2.05) is 13.0 Å². The molecule has 1 heterocycles. The summed E-state index contributed by atoms with van der Waals surface area (Å²) in [7, 11) is 0. The Morgan fingerprint density at radius 1 is 1.32 bits per heavy atom. The lowest BCUT2D eigenvalue weighted by Crippen LogP contribution is -2.01. The standard InChI is InChI=1S/C13H13FN2O3/c1-2-10-4-5-11(19-10)8-15-13-7-9(16(17)18)3-6-12(13)14/h3-7,15H,2,8H2,1H3.